The number of aliphatic carboxylic acids is 1. The Hall–Kier alpha value is -0.830. The summed E-state index contributed by atoms with van der Waals surface area (Å²) in [4.78, 5) is 13.8. The molecule has 3 nitrogen and oxygen atoms in total. The van der Waals surface area contributed by atoms with Gasteiger partial charge >= 0.3 is 5.97 Å². The first-order chi connectivity index (χ1) is 7.25. The number of carboxylic acid groups (broad SMARTS) is 1. The van der Waals surface area contributed by atoms with Crippen LogP contribution in [0.1, 0.15) is 32.1 Å². The summed E-state index contributed by atoms with van der Waals surface area (Å²) < 4.78 is 0. The molecule has 1 N–H and O–H groups in total. The summed E-state index contributed by atoms with van der Waals surface area (Å²) in [6, 6.07) is 0. The van der Waals surface area contributed by atoms with Crippen LogP contribution in [0.25, 0.3) is 0 Å². The van der Waals surface area contributed by atoms with Crippen LogP contribution in [0, 0.1) is 5.92 Å². The highest BCUT2D eigenvalue weighted by Gasteiger charge is 2.57. The Labute approximate surface area is 89.8 Å². The van der Waals surface area contributed by atoms with Crippen LogP contribution in [0.2, 0.25) is 0 Å². The Bertz CT molecular complexity index is 337. The third-order valence-electron chi connectivity index (χ3n) is 4.34. The van der Waals surface area contributed by atoms with Crippen molar-refractivity contribution in [1.82, 2.24) is 4.90 Å². The van der Waals surface area contributed by atoms with Gasteiger partial charge in [0.1, 0.15) is 5.54 Å². The minimum Gasteiger partial charge on any atom is -0.480 e. The van der Waals surface area contributed by atoms with E-state index in [-0.39, 0.29) is 0 Å². The quantitative estimate of drug-likeness (QED) is 0.665. The van der Waals surface area contributed by atoms with Crippen molar-refractivity contribution in [2.45, 2.75) is 37.6 Å². The first-order valence-electron chi connectivity index (χ1n) is 5.94. The molecule has 2 fully saturated rings. The lowest BCUT2D eigenvalue weighted by Crippen LogP contribution is -2.47. The summed E-state index contributed by atoms with van der Waals surface area (Å²) >= 11 is 0. The minimum atomic E-state index is -0.615. The highest BCUT2D eigenvalue weighted by molar-refractivity contribution is 5.85. The summed E-state index contributed by atoms with van der Waals surface area (Å²) in [5.41, 5.74) is 0.643. The molecule has 15 heavy (non-hydrogen) atoms. The molecule has 2 saturated heterocycles. The van der Waals surface area contributed by atoms with Gasteiger partial charge in [0.2, 0.25) is 0 Å². The van der Waals surface area contributed by atoms with Crippen LogP contribution in [-0.4, -0.2) is 34.6 Å². The van der Waals surface area contributed by atoms with Gasteiger partial charge in [-0.3, -0.25) is 4.90 Å². The predicted molar refractivity (Wildman–Crippen MR) is 56.6 cm³/mol. The van der Waals surface area contributed by atoms with Gasteiger partial charge in [-0.1, -0.05) is 6.08 Å². The van der Waals surface area contributed by atoms with Crippen molar-refractivity contribution in [2.75, 3.05) is 13.1 Å². The zero-order chi connectivity index (χ0) is 10.5. The van der Waals surface area contributed by atoms with Gasteiger partial charge in [0.15, 0.2) is 0 Å². The molecule has 0 aromatic heterocycles. The summed E-state index contributed by atoms with van der Waals surface area (Å²) in [7, 11) is 0. The number of hydrogen-bond acceptors (Lipinski definition) is 2. The molecule has 2 aliphatic heterocycles. The monoisotopic (exact) mass is 207 g/mol. The van der Waals surface area contributed by atoms with Gasteiger partial charge in [0.25, 0.3) is 0 Å². The van der Waals surface area contributed by atoms with Gasteiger partial charge < -0.3 is 5.11 Å². The molecule has 0 spiro atoms. The van der Waals surface area contributed by atoms with Gasteiger partial charge in [-0.15, -0.1) is 0 Å². The number of fused-ring (bicyclic) bond motifs is 3. The first kappa shape index (κ1) is 9.40. The molecule has 2 heterocycles. The van der Waals surface area contributed by atoms with E-state index < -0.39 is 11.5 Å². The highest BCUT2D eigenvalue weighted by atomic mass is 16.4. The fourth-order valence-electron chi connectivity index (χ4n) is 3.72. The van der Waals surface area contributed by atoms with Crippen molar-refractivity contribution < 1.29 is 9.90 Å². The van der Waals surface area contributed by atoms with Crippen molar-refractivity contribution in [2.24, 2.45) is 5.92 Å². The maximum Gasteiger partial charge on any atom is 0.328 e. The van der Waals surface area contributed by atoms with Crippen LogP contribution >= 0.6 is 0 Å². The molecule has 1 aliphatic carbocycles. The lowest BCUT2D eigenvalue weighted by atomic mass is 9.79. The van der Waals surface area contributed by atoms with Crippen molar-refractivity contribution in [3.63, 3.8) is 0 Å². The largest absolute Gasteiger partial charge is 0.480 e. The zero-order valence-corrected chi connectivity index (χ0v) is 8.91. The van der Waals surface area contributed by atoms with Crippen molar-refractivity contribution in [3.8, 4) is 0 Å². The van der Waals surface area contributed by atoms with Gasteiger partial charge in [-0.2, -0.15) is 0 Å². The maximum atomic E-state index is 11.6. The van der Waals surface area contributed by atoms with E-state index in [0.717, 1.165) is 32.4 Å². The molecular weight excluding hydrogens is 190 g/mol. The van der Waals surface area contributed by atoms with E-state index in [9.17, 15) is 9.90 Å². The molecule has 2 atom stereocenters. The Kier molecular flexibility index (Phi) is 1.93. The standard InChI is InChI=1S/C12H17NO2/c14-11(15)12-6-3-7-13(12)8-9-4-1-2-5-10(9)12/h5,9H,1-4,6-8H2,(H,14,15). The van der Waals surface area contributed by atoms with E-state index in [2.05, 4.69) is 11.0 Å². The molecule has 0 bridgehead atoms. The van der Waals surface area contributed by atoms with Crippen LogP contribution in [-0.2, 0) is 4.79 Å². The topological polar surface area (TPSA) is 40.5 Å². The molecule has 2 unspecified atom stereocenters. The third kappa shape index (κ3) is 1.07. The van der Waals surface area contributed by atoms with Crippen LogP contribution in [0.5, 0.6) is 0 Å². The van der Waals surface area contributed by atoms with Gasteiger partial charge in [0.05, 0.1) is 0 Å². The molecule has 0 amide bonds. The number of allylic oxidation sites excluding steroid dienone is 1. The van der Waals surface area contributed by atoms with Crippen molar-refractivity contribution in [1.29, 1.82) is 0 Å². The normalized spacial score (nSPS) is 39.7. The molecular formula is C12H17NO2. The van der Waals surface area contributed by atoms with Crippen LogP contribution in [0.3, 0.4) is 0 Å². The van der Waals surface area contributed by atoms with Crippen molar-refractivity contribution >= 4 is 5.97 Å². The lowest BCUT2D eigenvalue weighted by molar-refractivity contribution is -0.145. The number of hydrogen-bond donors (Lipinski definition) is 1. The predicted octanol–water partition coefficient (Wildman–Crippen LogP) is 1.65. The second-order valence-corrected chi connectivity index (χ2v) is 5.00. The van der Waals surface area contributed by atoms with E-state index in [1.54, 1.807) is 0 Å². The number of carboxylic acids is 1. The Balaban J connectivity index is 2.07. The van der Waals surface area contributed by atoms with Gasteiger partial charge in [-0.25, -0.2) is 4.79 Å². The van der Waals surface area contributed by atoms with Crippen LogP contribution in [0.4, 0.5) is 0 Å². The molecule has 0 radical (unpaired) electrons. The zero-order valence-electron chi connectivity index (χ0n) is 8.91. The van der Waals surface area contributed by atoms with E-state index in [1.807, 2.05) is 0 Å². The molecule has 3 aliphatic rings. The van der Waals surface area contributed by atoms with Crippen LogP contribution < -0.4 is 0 Å². The van der Waals surface area contributed by atoms with Gasteiger partial charge in [-0.05, 0) is 50.1 Å². The maximum absolute atomic E-state index is 11.6. The third-order valence-corrected chi connectivity index (χ3v) is 4.34. The second kappa shape index (κ2) is 3.08. The Morgan fingerprint density at radius 1 is 1.53 bits per heavy atom. The number of nitrogens with zero attached hydrogens (tertiary/aromatic N) is 1. The second-order valence-electron chi connectivity index (χ2n) is 5.00. The molecule has 3 rings (SSSR count). The van der Waals surface area contributed by atoms with Crippen LogP contribution in [0.15, 0.2) is 11.6 Å². The molecule has 82 valence electrons. The molecule has 0 aromatic carbocycles. The van der Waals surface area contributed by atoms with Crippen molar-refractivity contribution in [3.05, 3.63) is 11.6 Å². The average Bonchev–Trinajstić information content (AvgIpc) is 2.73. The van der Waals surface area contributed by atoms with E-state index in [1.165, 1.54) is 18.4 Å². The lowest BCUT2D eigenvalue weighted by Gasteiger charge is -2.29. The number of carbonyl (C=O) groups is 1. The Morgan fingerprint density at radius 3 is 3.20 bits per heavy atom. The van der Waals surface area contributed by atoms with E-state index in [0.29, 0.717) is 5.92 Å². The smallest absolute Gasteiger partial charge is 0.328 e. The minimum absolute atomic E-state index is 0.537. The number of rotatable bonds is 1. The average molecular weight is 207 g/mol. The molecule has 0 saturated carbocycles. The summed E-state index contributed by atoms with van der Waals surface area (Å²) in [6.07, 6.45) is 7.58. The molecule has 0 aromatic rings. The molecule has 3 heteroatoms. The fourth-order valence-corrected chi connectivity index (χ4v) is 3.72. The SMILES string of the molecule is O=C(O)C12CCCN1CC1CCCC=C12. The van der Waals surface area contributed by atoms with E-state index >= 15 is 0 Å². The first-order valence-corrected chi connectivity index (χ1v) is 5.94. The Morgan fingerprint density at radius 2 is 2.40 bits per heavy atom. The highest BCUT2D eigenvalue weighted by Crippen LogP contribution is 2.49. The summed E-state index contributed by atoms with van der Waals surface area (Å²) in [6.45, 7) is 1.96. The van der Waals surface area contributed by atoms with Gasteiger partial charge in [0, 0.05) is 6.54 Å². The van der Waals surface area contributed by atoms with E-state index in [4.69, 9.17) is 0 Å². The summed E-state index contributed by atoms with van der Waals surface area (Å²) in [5, 5.41) is 9.53. The summed E-state index contributed by atoms with van der Waals surface area (Å²) in [5.74, 6) is -0.0780. The fraction of sp³-hybridized carbons (Fsp3) is 0.750.